The quantitative estimate of drug-likeness (QED) is 0.745. The van der Waals surface area contributed by atoms with Crippen LogP contribution in [0, 0.1) is 5.92 Å². The molecule has 7 nitrogen and oxygen atoms in total. The molecular weight excluding hydrogens is 392 g/mol. The standard InChI is InChI=1S/C21H27ClN4O3/c1-5-25-16-11-26(13(4)19(27)23-10-12(2)3)20(28)17(16)18(24-21(25)29)14-8-6-7-9-15(14)22/h6-9,12-13,18H,5,10-11H2,1-4H3,(H,23,27)(H,24,29)/t13-,18-/m0/s1. The van der Waals surface area contributed by atoms with Crippen molar-refractivity contribution in [2.45, 2.75) is 39.8 Å². The van der Waals surface area contributed by atoms with Gasteiger partial charge in [-0.3, -0.25) is 14.5 Å². The Morgan fingerprint density at radius 1 is 1.28 bits per heavy atom. The van der Waals surface area contributed by atoms with Crippen molar-refractivity contribution in [1.82, 2.24) is 20.4 Å². The molecule has 2 N–H and O–H groups in total. The van der Waals surface area contributed by atoms with Crippen LogP contribution in [0.4, 0.5) is 4.79 Å². The van der Waals surface area contributed by atoms with Gasteiger partial charge in [-0.15, -0.1) is 0 Å². The molecule has 3 rings (SSSR count). The van der Waals surface area contributed by atoms with Gasteiger partial charge in [-0.2, -0.15) is 0 Å². The van der Waals surface area contributed by atoms with Crippen LogP contribution in [-0.4, -0.2) is 53.3 Å². The number of carbonyl (C=O) groups is 3. The van der Waals surface area contributed by atoms with Crippen LogP contribution in [-0.2, 0) is 9.59 Å². The van der Waals surface area contributed by atoms with Crippen molar-refractivity contribution >= 4 is 29.4 Å². The Morgan fingerprint density at radius 3 is 2.59 bits per heavy atom. The van der Waals surface area contributed by atoms with Crippen molar-refractivity contribution in [3.05, 3.63) is 46.1 Å². The molecule has 1 aromatic carbocycles. The number of amides is 4. The molecule has 0 fully saturated rings. The Hall–Kier alpha value is -2.54. The second-order valence-electron chi connectivity index (χ2n) is 7.76. The molecule has 0 saturated carbocycles. The number of likely N-dealkylation sites (N-methyl/N-ethyl adjacent to an activating group) is 1. The van der Waals surface area contributed by atoms with Crippen molar-refractivity contribution in [2.75, 3.05) is 19.6 Å². The lowest BCUT2D eigenvalue weighted by atomic mass is 9.95. The zero-order valence-corrected chi connectivity index (χ0v) is 17.9. The summed E-state index contributed by atoms with van der Waals surface area (Å²) in [5.74, 6) is -0.146. The summed E-state index contributed by atoms with van der Waals surface area (Å²) in [5, 5.41) is 6.26. The SMILES string of the molecule is CCN1C(=O)N[C@@H](c2ccccc2Cl)C2=C1CN([C@@H](C)C(=O)NCC(C)C)C2=O. The molecule has 4 amide bonds. The van der Waals surface area contributed by atoms with Crippen LogP contribution >= 0.6 is 11.6 Å². The summed E-state index contributed by atoms with van der Waals surface area (Å²) in [6.45, 7) is 8.77. The van der Waals surface area contributed by atoms with Crippen molar-refractivity contribution in [3.8, 4) is 0 Å². The monoisotopic (exact) mass is 418 g/mol. The molecule has 0 bridgehead atoms. The number of carbonyl (C=O) groups excluding carboxylic acids is 3. The Kier molecular flexibility index (Phi) is 6.17. The van der Waals surface area contributed by atoms with Crippen LogP contribution in [0.15, 0.2) is 35.5 Å². The molecular formula is C21H27ClN4O3. The van der Waals surface area contributed by atoms with Gasteiger partial charge in [-0.05, 0) is 31.4 Å². The van der Waals surface area contributed by atoms with Crippen LogP contribution in [0.1, 0.15) is 39.3 Å². The van der Waals surface area contributed by atoms with E-state index in [0.717, 1.165) is 0 Å². The molecule has 2 aliphatic heterocycles. The molecule has 0 saturated heterocycles. The van der Waals surface area contributed by atoms with E-state index in [2.05, 4.69) is 10.6 Å². The largest absolute Gasteiger partial charge is 0.354 e. The lowest BCUT2D eigenvalue weighted by Crippen LogP contribution is -2.47. The number of benzene rings is 1. The molecule has 0 spiro atoms. The predicted octanol–water partition coefficient (Wildman–Crippen LogP) is 2.68. The number of hydrogen-bond donors (Lipinski definition) is 2. The summed E-state index contributed by atoms with van der Waals surface area (Å²) >= 11 is 6.36. The van der Waals surface area contributed by atoms with Crippen LogP contribution < -0.4 is 10.6 Å². The van der Waals surface area contributed by atoms with E-state index < -0.39 is 12.1 Å². The topological polar surface area (TPSA) is 81.8 Å². The van der Waals surface area contributed by atoms with Gasteiger partial charge in [0.25, 0.3) is 5.91 Å². The van der Waals surface area contributed by atoms with E-state index in [-0.39, 0.29) is 24.4 Å². The fourth-order valence-electron chi connectivity index (χ4n) is 3.70. The number of hydrogen-bond acceptors (Lipinski definition) is 3. The maximum Gasteiger partial charge on any atom is 0.322 e. The van der Waals surface area contributed by atoms with Gasteiger partial charge in [0.1, 0.15) is 6.04 Å². The highest BCUT2D eigenvalue weighted by molar-refractivity contribution is 6.31. The van der Waals surface area contributed by atoms with Gasteiger partial charge in [-0.25, -0.2) is 4.79 Å². The first-order valence-corrected chi connectivity index (χ1v) is 10.3. The Labute approximate surface area is 176 Å². The second kappa shape index (κ2) is 8.45. The van der Waals surface area contributed by atoms with E-state index in [9.17, 15) is 14.4 Å². The summed E-state index contributed by atoms with van der Waals surface area (Å²) in [5.41, 5.74) is 1.77. The molecule has 2 heterocycles. The van der Waals surface area contributed by atoms with Crippen LogP contribution in [0.2, 0.25) is 5.02 Å². The zero-order valence-electron chi connectivity index (χ0n) is 17.2. The highest BCUT2D eigenvalue weighted by Crippen LogP contribution is 2.38. The zero-order chi connectivity index (χ0) is 21.3. The smallest absolute Gasteiger partial charge is 0.322 e. The van der Waals surface area contributed by atoms with E-state index in [1.54, 1.807) is 30.0 Å². The molecule has 0 aliphatic carbocycles. The third kappa shape index (κ3) is 3.96. The molecule has 0 aromatic heterocycles. The Bertz CT molecular complexity index is 867. The van der Waals surface area contributed by atoms with Gasteiger partial charge in [0, 0.05) is 18.1 Å². The maximum atomic E-state index is 13.4. The minimum Gasteiger partial charge on any atom is -0.354 e. The van der Waals surface area contributed by atoms with E-state index >= 15 is 0 Å². The van der Waals surface area contributed by atoms with Gasteiger partial charge >= 0.3 is 6.03 Å². The van der Waals surface area contributed by atoms with Crippen molar-refractivity contribution < 1.29 is 14.4 Å². The van der Waals surface area contributed by atoms with Gasteiger partial charge in [0.05, 0.1) is 23.9 Å². The highest BCUT2D eigenvalue weighted by atomic mass is 35.5. The molecule has 156 valence electrons. The normalized spacial score (nSPS) is 20.1. The van der Waals surface area contributed by atoms with Crippen LogP contribution in [0.5, 0.6) is 0 Å². The fraction of sp³-hybridized carbons (Fsp3) is 0.476. The van der Waals surface area contributed by atoms with Crippen molar-refractivity contribution in [1.29, 1.82) is 0 Å². The second-order valence-corrected chi connectivity index (χ2v) is 8.16. The fourth-order valence-corrected chi connectivity index (χ4v) is 3.94. The Morgan fingerprint density at radius 2 is 1.97 bits per heavy atom. The molecule has 2 atom stereocenters. The Balaban J connectivity index is 1.94. The van der Waals surface area contributed by atoms with Crippen LogP contribution in [0.3, 0.4) is 0 Å². The minimum absolute atomic E-state index is 0.205. The third-order valence-corrected chi connectivity index (χ3v) is 5.66. The number of halogens is 1. The molecule has 0 radical (unpaired) electrons. The first kappa shape index (κ1) is 21.2. The van der Waals surface area contributed by atoms with E-state index in [1.165, 1.54) is 4.90 Å². The summed E-state index contributed by atoms with van der Waals surface area (Å²) in [6.07, 6.45) is 0. The number of nitrogens with zero attached hydrogens (tertiary/aromatic N) is 2. The summed E-state index contributed by atoms with van der Waals surface area (Å²) in [7, 11) is 0. The molecule has 0 unspecified atom stereocenters. The van der Waals surface area contributed by atoms with Gasteiger partial charge in [0.2, 0.25) is 5.91 Å². The first-order chi connectivity index (χ1) is 13.8. The average Bonchev–Trinajstić information content (AvgIpc) is 3.02. The molecule has 2 aliphatic rings. The van der Waals surface area contributed by atoms with Crippen LogP contribution in [0.25, 0.3) is 0 Å². The lowest BCUT2D eigenvalue weighted by Gasteiger charge is -2.33. The summed E-state index contributed by atoms with van der Waals surface area (Å²) in [4.78, 5) is 41.7. The predicted molar refractivity (Wildman–Crippen MR) is 111 cm³/mol. The van der Waals surface area contributed by atoms with E-state index in [4.69, 9.17) is 11.6 Å². The first-order valence-electron chi connectivity index (χ1n) is 9.90. The van der Waals surface area contributed by atoms with Crippen molar-refractivity contribution in [2.24, 2.45) is 5.92 Å². The molecule has 29 heavy (non-hydrogen) atoms. The third-order valence-electron chi connectivity index (χ3n) is 5.31. The number of urea groups is 1. The molecule has 8 heteroatoms. The lowest BCUT2D eigenvalue weighted by molar-refractivity contribution is -0.135. The van der Waals surface area contributed by atoms with Crippen molar-refractivity contribution in [3.63, 3.8) is 0 Å². The average molecular weight is 419 g/mol. The summed E-state index contributed by atoms with van der Waals surface area (Å²) in [6, 6.07) is 5.59. The highest BCUT2D eigenvalue weighted by Gasteiger charge is 2.46. The summed E-state index contributed by atoms with van der Waals surface area (Å²) < 4.78 is 0. The molecule has 1 aromatic rings. The van der Waals surface area contributed by atoms with Gasteiger partial charge < -0.3 is 15.5 Å². The minimum atomic E-state index is -0.646. The number of rotatable bonds is 6. The maximum absolute atomic E-state index is 13.4. The van der Waals surface area contributed by atoms with Gasteiger partial charge in [0.15, 0.2) is 0 Å². The van der Waals surface area contributed by atoms with Gasteiger partial charge in [-0.1, -0.05) is 43.6 Å². The van der Waals surface area contributed by atoms with E-state index in [1.807, 2.05) is 26.8 Å². The number of nitrogens with one attached hydrogen (secondary N) is 2. The van der Waals surface area contributed by atoms with E-state index in [0.29, 0.717) is 40.9 Å².